The van der Waals surface area contributed by atoms with E-state index in [9.17, 15) is 14.0 Å². The summed E-state index contributed by atoms with van der Waals surface area (Å²) >= 11 is 6.22. The van der Waals surface area contributed by atoms with Gasteiger partial charge in [0.05, 0.1) is 18.4 Å². The summed E-state index contributed by atoms with van der Waals surface area (Å²) in [5, 5.41) is 3.50. The van der Waals surface area contributed by atoms with Crippen molar-refractivity contribution in [1.29, 1.82) is 0 Å². The molecule has 2 amide bonds. The van der Waals surface area contributed by atoms with Crippen LogP contribution in [-0.4, -0.2) is 18.9 Å². The van der Waals surface area contributed by atoms with Gasteiger partial charge in [0.25, 0.3) is 11.8 Å². The molecule has 0 aliphatic carbocycles. The molecule has 5 nitrogen and oxygen atoms in total. The molecule has 0 fully saturated rings. The number of amides is 2. The fourth-order valence-corrected chi connectivity index (χ4v) is 3.58. The molecule has 1 aliphatic heterocycles. The van der Waals surface area contributed by atoms with Gasteiger partial charge in [0, 0.05) is 10.7 Å². The monoisotopic (exact) mass is 436 g/mol. The first-order chi connectivity index (χ1) is 14.9. The van der Waals surface area contributed by atoms with Crippen molar-refractivity contribution in [1.82, 2.24) is 0 Å². The standard InChI is InChI=1S/C24H18ClFN2O3/c1-14-19(25)4-3-5-20(14)28-23(29)21(15-6-8-16(26)9-7-15)22(24(28)30)27-17-10-12-18(31-2)13-11-17/h3-13,27H,1-2H3. The van der Waals surface area contributed by atoms with Crippen LogP contribution in [0.4, 0.5) is 15.8 Å². The molecule has 0 atom stereocenters. The number of nitrogens with one attached hydrogen (secondary N) is 1. The quantitative estimate of drug-likeness (QED) is 0.559. The van der Waals surface area contributed by atoms with E-state index in [1.54, 1.807) is 56.5 Å². The summed E-state index contributed by atoms with van der Waals surface area (Å²) in [5.74, 6) is -0.819. The predicted octanol–water partition coefficient (Wildman–Crippen LogP) is 5.19. The number of imide groups is 1. The van der Waals surface area contributed by atoms with Crippen molar-refractivity contribution in [3.05, 3.63) is 94.4 Å². The first kappa shape index (κ1) is 20.6. The van der Waals surface area contributed by atoms with Crippen molar-refractivity contribution in [3.8, 4) is 5.75 Å². The molecule has 0 radical (unpaired) electrons. The van der Waals surface area contributed by atoms with Gasteiger partial charge < -0.3 is 10.1 Å². The lowest BCUT2D eigenvalue weighted by atomic mass is 10.0. The van der Waals surface area contributed by atoms with E-state index in [0.29, 0.717) is 33.3 Å². The van der Waals surface area contributed by atoms with Crippen molar-refractivity contribution >= 4 is 40.4 Å². The lowest BCUT2D eigenvalue weighted by molar-refractivity contribution is -0.120. The van der Waals surface area contributed by atoms with Crippen molar-refractivity contribution in [2.24, 2.45) is 0 Å². The average molecular weight is 437 g/mol. The van der Waals surface area contributed by atoms with Gasteiger partial charge in [-0.25, -0.2) is 9.29 Å². The number of methoxy groups -OCH3 is 1. The summed E-state index contributed by atoms with van der Waals surface area (Å²) in [7, 11) is 1.56. The molecular formula is C24H18ClFN2O3. The fourth-order valence-electron chi connectivity index (χ4n) is 3.41. The van der Waals surface area contributed by atoms with Gasteiger partial charge in [-0.3, -0.25) is 9.59 Å². The lowest BCUT2D eigenvalue weighted by Crippen LogP contribution is -2.33. The van der Waals surface area contributed by atoms with Crippen LogP contribution in [0.5, 0.6) is 5.75 Å². The van der Waals surface area contributed by atoms with Gasteiger partial charge in [0.1, 0.15) is 17.3 Å². The Labute approximate surface area is 183 Å². The Balaban J connectivity index is 1.82. The third kappa shape index (κ3) is 3.78. The van der Waals surface area contributed by atoms with Crippen LogP contribution in [0.25, 0.3) is 5.57 Å². The Morgan fingerprint density at radius 1 is 0.935 bits per heavy atom. The van der Waals surface area contributed by atoms with Crippen LogP contribution in [0.3, 0.4) is 0 Å². The first-order valence-electron chi connectivity index (χ1n) is 9.46. The largest absolute Gasteiger partial charge is 0.497 e. The summed E-state index contributed by atoms with van der Waals surface area (Å²) in [6.45, 7) is 1.74. The van der Waals surface area contributed by atoms with Gasteiger partial charge >= 0.3 is 0 Å². The molecule has 1 aliphatic rings. The van der Waals surface area contributed by atoms with Crippen molar-refractivity contribution < 1.29 is 18.7 Å². The minimum absolute atomic E-state index is 0.0983. The second-order valence-corrected chi connectivity index (χ2v) is 7.35. The number of hydrogen-bond donors (Lipinski definition) is 1. The highest BCUT2D eigenvalue weighted by Crippen LogP contribution is 2.36. The van der Waals surface area contributed by atoms with Crippen LogP contribution < -0.4 is 15.0 Å². The van der Waals surface area contributed by atoms with E-state index < -0.39 is 17.6 Å². The maximum Gasteiger partial charge on any atom is 0.282 e. The van der Waals surface area contributed by atoms with Gasteiger partial charge in [0.15, 0.2) is 0 Å². The molecule has 1 N–H and O–H groups in total. The predicted molar refractivity (Wildman–Crippen MR) is 119 cm³/mol. The minimum Gasteiger partial charge on any atom is -0.497 e. The zero-order valence-corrected chi connectivity index (χ0v) is 17.5. The van der Waals surface area contributed by atoms with E-state index in [1.807, 2.05) is 0 Å². The van der Waals surface area contributed by atoms with Gasteiger partial charge in [-0.1, -0.05) is 29.8 Å². The van der Waals surface area contributed by atoms with Crippen LogP contribution in [0.15, 0.2) is 72.4 Å². The maximum atomic E-state index is 13.5. The zero-order chi connectivity index (χ0) is 22.1. The minimum atomic E-state index is -0.523. The summed E-state index contributed by atoms with van der Waals surface area (Å²) in [5.41, 5.74) is 2.28. The molecular weight excluding hydrogens is 419 g/mol. The lowest BCUT2D eigenvalue weighted by Gasteiger charge is -2.18. The fraction of sp³-hybridized carbons (Fsp3) is 0.0833. The van der Waals surface area contributed by atoms with E-state index in [0.717, 1.165) is 4.90 Å². The number of ether oxygens (including phenoxy) is 1. The van der Waals surface area contributed by atoms with Gasteiger partial charge in [-0.05, 0) is 66.6 Å². The third-order valence-corrected chi connectivity index (χ3v) is 5.47. The Kier molecular flexibility index (Phi) is 5.48. The normalized spacial score (nSPS) is 13.7. The Morgan fingerprint density at radius 2 is 1.61 bits per heavy atom. The van der Waals surface area contributed by atoms with Gasteiger partial charge in [-0.2, -0.15) is 0 Å². The number of hydrogen-bond acceptors (Lipinski definition) is 4. The van der Waals surface area contributed by atoms with Crippen LogP contribution in [0, 0.1) is 12.7 Å². The third-order valence-electron chi connectivity index (χ3n) is 5.06. The van der Waals surface area contributed by atoms with Crippen LogP contribution >= 0.6 is 11.6 Å². The van der Waals surface area contributed by atoms with E-state index in [1.165, 1.54) is 24.3 Å². The molecule has 7 heteroatoms. The SMILES string of the molecule is COc1ccc(NC2=C(c3ccc(F)cc3)C(=O)N(c3cccc(Cl)c3C)C2=O)cc1. The Morgan fingerprint density at radius 3 is 2.26 bits per heavy atom. The molecule has 4 rings (SSSR count). The average Bonchev–Trinajstić information content (AvgIpc) is 3.01. The van der Waals surface area contributed by atoms with Crippen LogP contribution in [0.2, 0.25) is 5.02 Å². The van der Waals surface area contributed by atoms with E-state index in [-0.39, 0.29) is 11.3 Å². The molecule has 3 aromatic carbocycles. The highest BCUT2D eigenvalue weighted by atomic mass is 35.5. The van der Waals surface area contributed by atoms with E-state index in [4.69, 9.17) is 16.3 Å². The first-order valence-corrected chi connectivity index (χ1v) is 9.83. The second kappa shape index (κ2) is 8.24. The number of benzene rings is 3. The number of anilines is 2. The molecule has 0 bridgehead atoms. The summed E-state index contributed by atoms with van der Waals surface area (Å²) in [4.78, 5) is 27.9. The zero-order valence-electron chi connectivity index (χ0n) is 16.8. The molecule has 31 heavy (non-hydrogen) atoms. The van der Waals surface area contributed by atoms with Crippen LogP contribution in [-0.2, 0) is 9.59 Å². The number of carbonyl (C=O) groups is 2. The van der Waals surface area contributed by atoms with Gasteiger partial charge in [0.2, 0.25) is 0 Å². The number of nitrogens with zero attached hydrogens (tertiary/aromatic N) is 1. The van der Waals surface area contributed by atoms with Gasteiger partial charge in [-0.15, -0.1) is 0 Å². The van der Waals surface area contributed by atoms with Crippen molar-refractivity contribution in [2.75, 3.05) is 17.3 Å². The Hall–Kier alpha value is -3.64. The molecule has 0 aromatic heterocycles. The van der Waals surface area contributed by atoms with E-state index in [2.05, 4.69) is 5.32 Å². The molecule has 0 spiro atoms. The summed E-state index contributed by atoms with van der Waals surface area (Å²) < 4.78 is 18.6. The molecule has 0 unspecified atom stereocenters. The molecule has 156 valence electrons. The summed E-state index contributed by atoms with van der Waals surface area (Å²) in [6, 6.07) is 17.4. The van der Waals surface area contributed by atoms with E-state index >= 15 is 0 Å². The second-order valence-electron chi connectivity index (χ2n) is 6.94. The summed E-state index contributed by atoms with van der Waals surface area (Å²) in [6.07, 6.45) is 0. The molecule has 1 heterocycles. The molecule has 0 saturated heterocycles. The number of rotatable bonds is 5. The smallest absolute Gasteiger partial charge is 0.282 e. The highest BCUT2D eigenvalue weighted by molar-refractivity contribution is 6.46. The number of carbonyl (C=O) groups excluding carboxylic acids is 2. The highest BCUT2D eigenvalue weighted by Gasteiger charge is 2.41. The van der Waals surface area contributed by atoms with Crippen LogP contribution in [0.1, 0.15) is 11.1 Å². The Bertz CT molecular complexity index is 1200. The number of halogens is 2. The molecule has 3 aromatic rings. The van der Waals surface area contributed by atoms with Crippen molar-refractivity contribution in [2.45, 2.75) is 6.92 Å². The topological polar surface area (TPSA) is 58.6 Å². The molecule has 0 saturated carbocycles. The maximum absolute atomic E-state index is 13.5. The van der Waals surface area contributed by atoms with Crippen molar-refractivity contribution in [3.63, 3.8) is 0 Å².